The highest BCUT2D eigenvalue weighted by Gasteiger charge is 2.51. The van der Waals surface area contributed by atoms with Crippen molar-refractivity contribution in [1.29, 1.82) is 0 Å². The second-order valence-electron chi connectivity index (χ2n) is 8.04. The van der Waals surface area contributed by atoms with Gasteiger partial charge in [-0.3, -0.25) is 4.79 Å². The van der Waals surface area contributed by atoms with Crippen molar-refractivity contribution in [2.75, 3.05) is 46.4 Å². The van der Waals surface area contributed by atoms with E-state index in [0.29, 0.717) is 5.92 Å². The highest BCUT2D eigenvalue weighted by atomic mass is 32.1. The first-order valence-corrected chi connectivity index (χ1v) is 9.98. The minimum Gasteiger partial charge on any atom is -0.384 e. The van der Waals surface area contributed by atoms with Gasteiger partial charge < -0.3 is 14.5 Å². The van der Waals surface area contributed by atoms with Crippen molar-refractivity contribution >= 4 is 17.2 Å². The van der Waals surface area contributed by atoms with Crippen LogP contribution < -0.4 is 0 Å². The van der Waals surface area contributed by atoms with E-state index in [-0.39, 0.29) is 11.3 Å². The molecule has 3 fully saturated rings. The van der Waals surface area contributed by atoms with Gasteiger partial charge in [0.1, 0.15) is 0 Å². The van der Waals surface area contributed by atoms with Crippen LogP contribution in [0.15, 0.2) is 12.1 Å². The zero-order valence-electron chi connectivity index (χ0n) is 14.8. The van der Waals surface area contributed by atoms with Gasteiger partial charge in [-0.05, 0) is 44.2 Å². The summed E-state index contributed by atoms with van der Waals surface area (Å²) in [5, 5.41) is 0. The first-order chi connectivity index (χ1) is 11.6. The summed E-state index contributed by atoms with van der Waals surface area (Å²) < 4.78 is 5.54. The lowest BCUT2D eigenvalue weighted by atomic mass is 9.77. The lowest BCUT2D eigenvalue weighted by Crippen LogP contribution is -2.38. The van der Waals surface area contributed by atoms with Gasteiger partial charge >= 0.3 is 0 Å². The SMILES string of the molecule is COC[C@@H]1CN(CC2CC2)C[C@@]12CCN(C(=O)c1ccc(C)s1)C2. The second kappa shape index (κ2) is 6.43. The molecule has 2 aliphatic heterocycles. The summed E-state index contributed by atoms with van der Waals surface area (Å²) in [6, 6.07) is 4.03. The van der Waals surface area contributed by atoms with Crippen molar-refractivity contribution in [3.05, 3.63) is 21.9 Å². The molecule has 1 spiro atoms. The van der Waals surface area contributed by atoms with Crippen LogP contribution in [0, 0.1) is 24.2 Å². The molecule has 132 valence electrons. The van der Waals surface area contributed by atoms with Gasteiger partial charge in [0, 0.05) is 56.0 Å². The molecule has 3 aliphatic rings. The molecule has 2 saturated heterocycles. The molecule has 1 aromatic rings. The zero-order valence-corrected chi connectivity index (χ0v) is 15.6. The van der Waals surface area contributed by atoms with Crippen molar-refractivity contribution in [3.63, 3.8) is 0 Å². The number of rotatable bonds is 5. The quantitative estimate of drug-likeness (QED) is 0.820. The van der Waals surface area contributed by atoms with E-state index in [9.17, 15) is 4.79 Å². The third-order valence-electron chi connectivity index (χ3n) is 6.09. The Balaban J connectivity index is 1.46. The predicted octanol–water partition coefficient (Wildman–Crippen LogP) is 2.88. The molecule has 0 aromatic carbocycles. The Bertz CT molecular complexity index is 612. The van der Waals surface area contributed by atoms with Crippen LogP contribution in [0.3, 0.4) is 0 Å². The molecule has 0 radical (unpaired) electrons. The van der Waals surface area contributed by atoms with E-state index in [1.165, 1.54) is 24.3 Å². The summed E-state index contributed by atoms with van der Waals surface area (Å²) in [6.07, 6.45) is 3.93. The van der Waals surface area contributed by atoms with Crippen molar-refractivity contribution in [2.24, 2.45) is 17.3 Å². The van der Waals surface area contributed by atoms with E-state index < -0.39 is 0 Å². The first kappa shape index (κ1) is 16.6. The number of nitrogens with zero attached hydrogens (tertiary/aromatic N) is 2. The number of thiophene rings is 1. The standard InChI is InChI=1S/C19H28N2O2S/c1-14-3-6-17(24-14)18(22)21-8-7-19(13-21)12-20(9-15-4-5-15)10-16(19)11-23-2/h3,6,15-16H,4-5,7-13H2,1-2H3/t16-,19+/m0/s1. The molecule has 3 heterocycles. The molecule has 1 amide bonds. The molecule has 0 unspecified atom stereocenters. The second-order valence-corrected chi connectivity index (χ2v) is 9.33. The normalized spacial score (nSPS) is 30.6. The van der Waals surface area contributed by atoms with Crippen molar-refractivity contribution in [3.8, 4) is 0 Å². The molecule has 1 aliphatic carbocycles. The Morgan fingerprint density at radius 3 is 2.88 bits per heavy atom. The highest BCUT2D eigenvalue weighted by Crippen LogP contribution is 2.45. The lowest BCUT2D eigenvalue weighted by Gasteiger charge is -2.30. The number of carbonyl (C=O) groups is 1. The molecular formula is C19H28N2O2S. The fourth-order valence-corrected chi connectivity index (χ4v) is 5.45. The molecule has 4 rings (SSSR count). The molecule has 1 saturated carbocycles. The number of hydrogen-bond acceptors (Lipinski definition) is 4. The average molecular weight is 349 g/mol. The molecule has 0 N–H and O–H groups in total. The smallest absolute Gasteiger partial charge is 0.263 e. The van der Waals surface area contributed by atoms with Gasteiger partial charge in [0.05, 0.1) is 11.5 Å². The fraction of sp³-hybridized carbons (Fsp3) is 0.737. The van der Waals surface area contributed by atoms with Gasteiger partial charge in [0.2, 0.25) is 0 Å². The molecule has 0 bridgehead atoms. The Morgan fingerprint density at radius 2 is 2.21 bits per heavy atom. The van der Waals surface area contributed by atoms with E-state index in [1.54, 1.807) is 11.3 Å². The van der Waals surface area contributed by atoms with Gasteiger partial charge in [0.15, 0.2) is 0 Å². The Kier molecular flexibility index (Phi) is 4.43. The monoisotopic (exact) mass is 348 g/mol. The largest absolute Gasteiger partial charge is 0.384 e. The molecule has 1 aromatic heterocycles. The summed E-state index contributed by atoms with van der Waals surface area (Å²) in [5.74, 6) is 1.71. The minimum absolute atomic E-state index is 0.224. The van der Waals surface area contributed by atoms with Crippen LogP contribution in [0.1, 0.15) is 33.8 Å². The van der Waals surface area contributed by atoms with Crippen LogP contribution in [-0.4, -0.2) is 62.1 Å². The topological polar surface area (TPSA) is 32.8 Å². The van der Waals surface area contributed by atoms with Crippen LogP contribution in [0.4, 0.5) is 0 Å². The van der Waals surface area contributed by atoms with Gasteiger partial charge in [-0.15, -0.1) is 11.3 Å². The van der Waals surface area contributed by atoms with E-state index in [4.69, 9.17) is 4.74 Å². The summed E-state index contributed by atoms with van der Waals surface area (Å²) >= 11 is 1.62. The maximum atomic E-state index is 12.8. The lowest BCUT2D eigenvalue weighted by molar-refractivity contribution is 0.0720. The Morgan fingerprint density at radius 1 is 1.38 bits per heavy atom. The average Bonchev–Trinajstić information content (AvgIpc) is 2.96. The van der Waals surface area contributed by atoms with E-state index >= 15 is 0 Å². The van der Waals surface area contributed by atoms with Crippen LogP contribution in [0.5, 0.6) is 0 Å². The van der Waals surface area contributed by atoms with Crippen LogP contribution in [0.25, 0.3) is 0 Å². The van der Waals surface area contributed by atoms with Gasteiger partial charge in [-0.1, -0.05) is 0 Å². The molecule has 2 atom stereocenters. The summed E-state index contributed by atoms with van der Waals surface area (Å²) in [7, 11) is 1.81. The van der Waals surface area contributed by atoms with Crippen LogP contribution >= 0.6 is 11.3 Å². The van der Waals surface area contributed by atoms with Crippen molar-refractivity contribution < 1.29 is 9.53 Å². The number of carbonyl (C=O) groups excluding carboxylic acids is 1. The van der Waals surface area contributed by atoms with E-state index in [0.717, 1.165) is 50.0 Å². The Hall–Kier alpha value is -0.910. The molecule has 4 nitrogen and oxygen atoms in total. The predicted molar refractivity (Wildman–Crippen MR) is 96.5 cm³/mol. The van der Waals surface area contributed by atoms with Crippen molar-refractivity contribution in [2.45, 2.75) is 26.2 Å². The number of amides is 1. The molecule has 24 heavy (non-hydrogen) atoms. The number of aryl methyl sites for hydroxylation is 1. The zero-order chi connectivity index (χ0) is 16.7. The van der Waals surface area contributed by atoms with E-state index in [2.05, 4.69) is 16.7 Å². The third-order valence-corrected chi connectivity index (χ3v) is 7.08. The summed E-state index contributed by atoms with van der Waals surface area (Å²) in [5.41, 5.74) is 0.243. The maximum Gasteiger partial charge on any atom is 0.263 e. The van der Waals surface area contributed by atoms with E-state index in [1.807, 2.05) is 19.2 Å². The van der Waals surface area contributed by atoms with Gasteiger partial charge in [-0.2, -0.15) is 0 Å². The van der Waals surface area contributed by atoms with Crippen LogP contribution in [-0.2, 0) is 4.74 Å². The summed E-state index contributed by atoms with van der Waals surface area (Å²) in [4.78, 5) is 19.7. The third kappa shape index (κ3) is 3.14. The maximum absolute atomic E-state index is 12.8. The number of hydrogen-bond donors (Lipinski definition) is 0. The highest BCUT2D eigenvalue weighted by molar-refractivity contribution is 7.13. The van der Waals surface area contributed by atoms with Gasteiger partial charge in [0.25, 0.3) is 5.91 Å². The van der Waals surface area contributed by atoms with Crippen molar-refractivity contribution in [1.82, 2.24) is 9.80 Å². The van der Waals surface area contributed by atoms with Gasteiger partial charge in [-0.25, -0.2) is 0 Å². The Labute approximate surface area is 148 Å². The van der Waals surface area contributed by atoms with Crippen LogP contribution in [0.2, 0.25) is 0 Å². The summed E-state index contributed by atoms with van der Waals surface area (Å²) in [6.45, 7) is 8.22. The molecule has 5 heteroatoms. The number of likely N-dealkylation sites (tertiary alicyclic amines) is 2. The minimum atomic E-state index is 0.224. The number of ether oxygens (including phenoxy) is 1. The number of methoxy groups -OCH3 is 1. The molecular weight excluding hydrogens is 320 g/mol. The first-order valence-electron chi connectivity index (χ1n) is 9.17. The fourth-order valence-electron chi connectivity index (χ4n) is 4.62.